The smallest absolute Gasteiger partial charge is 0.232 e. The van der Waals surface area contributed by atoms with Gasteiger partial charge in [0.05, 0.1) is 41.1 Å². The van der Waals surface area contributed by atoms with Gasteiger partial charge in [-0.25, -0.2) is 15.0 Å². The fourth-order valence-electron chi connectivity index (χ4n) is 3.36. The van der Waals surface area contributed by atoms with Crippen LogP contribution in [0.2, 0.25) is 0 Å². The molecule has 0 fully saturated rings. The van der Waals surface area contributed by atoms with Crippen molar-refractivity contribution >= 4 is 34.3 Å². The standard InChI is InChI=1S/C23H24N6O5/c1-30-16-11-14-15(12-17(16)31-2)27-23(29-22-24-7-6-8-25-22)28-21(14)26-13-9-18(32-3)20(34-5)19(10-13)33-4/h6-12H,1-5H3,(H2,24,25,26,27,28,29). The molecule has 4 aromatic rings. The van der Waals surface area contributed by atoms with E-state index in [1.54, 1.807) is 78.3 Å². The van der Waals surface area contributed by atoms with Crippen LogP contribution in [-0.4, -0.2) is 55.5 Å². The molecule has 2 heterocycles. The van der Waals surface area contributed by atoms with E-state index in [-0.39, 0.29) is 0 Å². The Morgan fingerprint density at radius 2 is 1.24 bits per heavy atom. The van der Waals surface area contributed by atoms with Crippen LogP contribution in [0.3, 0.4) is 0 Å². The summed E-state index contributed by atoms with van der Waals surface area (Å²) in [5.41, 5.74) is 1.27. The number of ether oxygens (including phenoxy) is 5. The van der Waals surface area contributed by atoms with Crippen molar-refractivity contribution < 1.29 is 23.7 Å². The van der Waals surface area contributed by atoms with E-state index in [1.807, 2.05) is 0 Å². The van der Waals surface area contributed by atoms with Crippen molar-refractivity contribution in [2.24, 2.45) is 0 Å². The van der Waals surface area contributed by atoms with Gasteiger partial charge in [0.15, 0.2) is 23.0 Å². The van der Waals surface area contributed by atoms with Crippen molar-refractivity contribution in [3.63, 3.8) is 0 Å². The Morgan fingerprint density at radius 1 is 0.618 bits per heavy atom. The van der Waals surface area contributed by atoms with Crippen molar-refractivity contribution in [1.29, 1.82) is 0 Å². The maximum atomic E-state index is 5.48. The monoisotopic (exact) mass is 464 g/mol. The van der Waals surface area contributed by atoms with E-state index in [0.717, 1.165) is 0 Å². The molecule has 11 nitrogen and oxygen atoms in total. The van der Waals surface area contributed by atoms with Gasteiger partial charge in [-0.1, -0.05) is 0 Å². The van der Waals surface area contributed by atoms with Gasteiger partial charge in [0.2, 0.25) is 17.6 Å². The van der Waals surface area contributed by atoms with Crippen molar-refractivity contribution in [2.45, 2.75) is 0 Å². The molecule has 11 heteroatoms. The highest BCUT2D eigenvalue weighted by molar-refractivity contribution is 5.94. The van der Waals surface area contributed by atoms with Crippen LogP contribution in [0.15, 0.2) is 42.7 Å². The molecule has 0 aliphatic carbocycles. The maximum absolute atomic E-state index is 5.48. The molecule has 0 bridgehead atoms. The number of benzene rings is 2. The summed E-state index contributed by atoms with van der Waals surface area (Å²) in [5, 5.41) is 7.04. The van der Waals surface area contributed by atoms with Crippen LogP contribution >= 0.6 is 0 Å². The highest BCUT2D eigenvalue weighted by atomic mass is 16.5. The molecule has 0 radical (unpaired) electrons. The summed E-state index contributed by atoms with van der Waals surface area (Å²) in [5.74, 6) is 3.71. The summed E-state index contributed by atoms with van der Waals surface area (Å²) < 4.78 is 27.3. The van der Waals surface area contributed by atoms with Crippen LogP contribution in [0, 0.1) is 0 Å². The number of hydrogen-bond donors (Lipinski definition) is 2. The minimum atomic E-state index is 0.292. The third-order valence-electron chi connectivity index (χ3n) is 4.92. The molecule has 0 amide bonds. The molecule has 2 aromatic heterocycles. The van der Waals surface area contributed by atoms with Gasteiger partial charge < -0.3 is 29.0 Å². The third kappa shape index (κ3) is 4.49. The number of anilines is 4. The van der Waals surface area contributed by atoms with E-state index >= 15 is 0 Å². The minimum absolute atomic E-state index is 0.292. The maximum Gasteiger partial charge on any atom is 0.232 e. The SMILES string of the molecule is COc1cc2nc(Nc3ncccn3)nc(Nc3cc(OC)c(OC)c(OC)c3)c2cc1OC. The number of nitrogens with one attached hydrogen (secondary N) is 2. The molecule has 2 aromatic carbocycles. The second kappa shape index (κ2) is 9.94. The normalized spacial score (nSPS) is 10.5. The Bertz CT molecular complexity index is 1280. The van der Waals surface area contributed by atoms with E-state index in [1.165, 1.54) is 0 Å². The molecular weight excluding hydrogens is 440 g/mol. The zero-order valence-electron chi connectivity index (χ0n) is 19.4. The first kappa shape index (κ1) is 22.6. The van der Waals surface area contributed by atoms with Crippen LogP contribution in [0.1, 0.15) is 0 Å². The Morgan fingerprint density at radius 3 is 1.82 bits per heavy atom. The highest BCUT2D eigenvalue weighted by Crippen LogP contribution is 2.42. The summed E-state index contributed by atoms with van der Waals surface area (Å²) in [4.78, 5) is 17.6. The van der Waals surface area contributed by atoms with Gasteiger partial charge in [0, 0.05) is 41.7 Å². The van der Waals surface area contributed by atoms with Gasteiger partial charge in [-0.3, -0.25) is 5.32 Å². The summed E-state index contributed by atoms with van der Waals surface area (Å²) in [6.07, 6.45) is 3.25. The zero-order valence-corrected chi connectivity index (χ0v) is 19.4. The lowest BCUT2D eigenvalue weighted by Gasteiger charge is -2.17. The van der Waals surface area contributed by atoms with Gasteiger partial charge in [0.25, 0.3) is 0 Å². The molecule has 0 saturated carbocycles. The molecular formula is C23H24N6O5. The Kier molecular flexibility index (Phi) is 6.62. The van der Waals surface area contributed by atoms with Gasteiger partial charge in [-0.05, 0) is 12.1 Å². The van der Waals surface area contributed by atoms with Crippen LogP contribution in [0.4, 0.5) is 23.4 Å². The zero-order chi connectivity index (χ0) is 24.1. The van der Waals surface area contributed by atoms with E-state index in [4.69, 9.17) is 23.7 Å². The average molecular weight is 464 g/mol. The van der Waals surface area contributed by atoms with Gasteiger partial charge >= 0.3 is 0 Å². The van der Waals surface area contributed by atoms with Gasteiger partial charge in [-0.2, -0.15) is 4.98 Å². The van der Waals surface area contributed by atoms with Crippen molar-refractivity contribution in [1.82, 2.24) is 19.9 Å². The summed E-state index contributed by atoms with van der Waals surface area (Å²) >= 11 is 0. The first-order chi connectivity index (χ1) is 16.6. The Balaban J connectivity index is 1.85. The number of fused-ring (bicyclic) bond motifs is 1. The number of nitrogens with zero attached hydrogens (tertiary/aromatic N) is 4. The lowest BCUT2D eigenvalue weighted by molar-refractivity contribution is 0.324. The molecule has 0 saturated heterocycles. The first-order valence-electron chi connectivity index (χ1n) is 10.1. The van der Waals surface area contributed by atoms with Crippen molar-refractivity contribution in [2.75, 3.05) is 46.2 Å². The molecule has 2 N–H and O–H groups in total. The minimum Gasteiger partial charge on any atom is -0.493 e. The van der Waals surface area contributed by atoms with Crippen LogP contribution < -0.4 is 34.3 Å². The van der Waals surface area contributed by atoms with Crippen LogP contribution in [0.5, 0.6) is 28.7 Å². The quantitative estimate of drug-likeness (QED) is 0.374. The topological polar surface area (TPSA) is 122 Å². The number of methoxy groups -OCH3 is 5. The third-order valence-corrected chi connectivity index (χ3v) is 4.92. The predicted octanol–water partition coefficient (Wildman–Crippen LogP) is 3.95. The molecule has 34 heavy (non-hydrogen) atoms. The molecule has 0 aliphatic heterocycles. The number of rotatable bonds is 9. The highest BCUT2D eigenvalue weighted by Gasteiger charge is 2.17. The summed E-state index contributed by atoms with van der Waals surface area (Å²) in [6, 6.07) is 8.86. The van der Waals surface area contributed by atoms with E-state index in [9.17, 15) is 0 Å². The fourth-order valence-corrected chi connectivity index (χ4v) is 3.36. The second-order valence-electron chi connectivity index (χ2n) is 6.86. The molecule has 0 unspecified atom stereocenters. The lowest BCUT2D eigenvalue weighted by Crippen LogP contribution is -2.05. The van der Waals surface area contributed by atoms with E-state index in [2.05, 4.69) is 30.6 Å². The first-order valence-corrected chi connectivity index (χ1v) is 10.1. The Labute approximate surface area is 196 Å². The molecule has 4 rings (SSSR count). The predicted molar refractivity (Wildman–Crippen MR) is 127 cm³/mol. The Hall–Kier alpha value is -4.54. The van der Waals surface area contributed by atoms with Gasteiger partial charge in [0.1, 0.15) is 5.82 Å². The lowest BCUT2D eigenvalue weighted by atomic mass is 10.2. The molecule has 0 aliphatic rings. The second-order valence-corrected chi connectivity index (χ2v) is 6.86. The molecule has 0 spiro atoms. The number of hydrogen-bond acceptors (Lipinski definition) is 11. The van der Waals surface area contributed by atoms with Crippen molar-refractivity contribution in [3.05, 3.63) is 42.7 Å². The van der Waals surface area contributed by atoms with Crippen LogP contribution in [0.25, 0.3) is 10.9 Å². The summed E-state index contributed by atoms with van der Waals surface area (Å²) in [7, 11) is 7.80. The van der Waals surface area contributed by atoms with E-state index < -0.39 is 0 Å². The molecule has 176 valence electrons. The largest absolute Gasteiger partial charge is 0.493 e. The van der Waals surface area contributed by atoms with Crippen molar-refractivity contribution in [3.8, 4) is 28.7 Å². The number of aromatic nitrogens is 4. The fraction of sp³-hybridized carbons (Fsp3) is 0.217. The average Bonchev–Trinajstić information content (AvgIpc) is 2.87. The van der Waals surface area contributed by atoms with Crippen LogP contribution in [-0.2, 0) is 0 Å². The van der Waals surface area contributed by atoms with E-state index in [0.29, 0.717) is 63.1 Å². The molecule has 0 atom stereocenters. The summed E-state index contributed by atoms with van der Waals surface area (Å²) in [6.45, 7) is 0. The van der Waals surface area contributed by atoms with Gasteiger partial charge in [-0.15, -0.1) is 0 Å².